The molecule has 2 aliphatic rings. The first-order chi connectivity index (χ1) is 14.4. The Balaban J connectivity index is 1.42. The maximum absolute atomic E-state index is 14.0. The Labute approximate surface area is 182 Å². The number of hydrogen-bond acceptors (Lipinski definition) is 5. The molecule has 0 saturated carbocycles. The quantitative estimate of drug-likeness (QED) is 0.684. The van der Waals surface area contributed by atoms with Gasteiger partial charge in [-0.1, -0.05) is 18.2 Å². The highest BCUT2D eigenvalue weighted by molar-refractivity contribution is 8.19. The molecule has 0 spiro atoms. The van der Waals surface area contributed by atoms with E-state index in [2.05, 4.69) is 0 Å². The van der Waals surface area contributed by atoms with Crippen molar-refractivity contribution in [2.75, 3.05) is 37.7 Å². The molecule has 0 aromatic heterocycles. The van der Waals surface area contributed by atoms with Crippen molar-refractivity contribution in [1.29, 1.82) is 0 Å². The SMILES string of the molecule is O=C(c1ccc(C2SCCS2)cc1)N1CCN(S(=O)(=O)c2c(F)cccc2F)CC1. The number of carbonyl (C=O) groups is 1. The monoisotopic (exact) mass is 470 g/mol. The molecule has 2 saturated heterocycles. The van der Waals surface area contributed by atoms with Gasteiger partial charge in [-0.25, -0.2) is 17.2 Å². The molecule has 2 aromatic carbocycles. The molecule has 10 heteroatoms. The van der Waals surface area contributed by atoms with Crippen molar-refractivity contribution in [1.82, 2.24) is 9.21 Å². The lowest BCUT2D eigenvalue weighted by Gasteiger charge is -2.34. The van der Waals surface area contributed by atoms with Gasteiger partial charge in [-0.3, -0.25) is 4.79 Å². The second-order valence-electron chi connectivity index (χ2n) is 6.94. The van der Waals surface area contributed by atoms with Crippen LogP contribution < -0.4 is 0 Å². The molecule has 2 heterocycles. The van der Waals surface area contributed by atoms with Crippen LogP contribution in [0.5, 0.6) is 0 Å². The van der Waals surface area contributed by atoms with Crippen LogP contribution in [0.25, 0.3) is 0 Å². The van der Waals surface area contributed by atoms with Crippen LogP contribution in [0.2, 0.25) is 0 Å². The third-order valence-electron chi connectivity index (χ3n) is 5.09. The number of amides is 1. The predicted octanol–water partition coefficient (Wildman–Crippen LogP) is 3.59. The van der Waals surface area contributed by atoms with Gasteiger partial charge in [-0.2, -0.15) is 4.31 Å². The topological polar surface area (TPSA) is 57.7 Å². The molecule has 0 aliphatic carbocycles. The molecular weight excluding hydrogens is 450 g/mol. The number of nitrogens with zero attached hydrogens (tertiary/aromatic N) is 2. The number of hydrogen-bond donors (Lipinski definition) is 0. The minimum atomic E-state index is -4.31. The molecule has 0 N–H and O–H groups in total. The second-order valence-corrected chi connectivity index (χ2v) is 11.5. The summed E-state index contributed by atoms with van der Waals surface area (Å²) in [7, 11) is -4.31. The second kappa shape index (κ2) is 8.86. The van der Waals surface area contributed by atoms with Crippen molar-refractivity contribution in [3.05, 3.63) is 65.2 Å². The molecule has 0 bridgehead atoms. The van der Waals surface area contributed by atoms with Crippen molar-refractivity contribution in [2.24, 2.45) is 0 Å². The molecule has 4 rings (SSSR count). The van der Waals surface area contributed by atoms with Gasteiger partial charge in [0.2, 0.25) is 10.0 Å². The Morgan fingerprint density at radius 1 is 0.900 bits per heavy atom. The lowest BCUT2D eigenvalue weighted by atomic mass is 10.1. The highest BCUT2D eigenvalue weighted by Gasteiger charge is 2.34. The van der Waals surface area contributed by atoms with Crippen LogP contribution in [0.3, 0.4) is 0 Å². The fourth-order valence-corrected chi connectivity index (χ4v) is 7.90. The van der Waals surface area contributed by atoms with E-state index in [1.54, 1.807) is 17.0 Å². The predicted molar refractivity (Wildman–Crippen MR) is 115 cm³/mol. The van der Waals surface area contributed by atoms with Crippen molar-refractivity contribution in [3.63, 3.8) is 0 Å². The van der Waals surface area contributed by atoms with E-state index in [0.717, 1.165) is 34.0 Å². The van der Waals surface area contributed by atoms with E-state index in [-0.39, 0.29) is 32.1 Å². The van der Waals surface area contributed by atoms with E-state index in [0.29, 0.717) is 10.1 Å². The van der Waals surface area contributed by atoms with Crippen LogP contribution in [0.1, 0.15) is 20.5 Å². The molecule has 1 amide bonds. The smallest absolute Gasteiger partial charge is 0.253 e. The largest absolute Gasteiger partial charge is 0.336 e. The number of rotatable bonds is 4. The van der Waals surface area contributed by atoms with Gasteiger partial charge in [0.05, 0.1) is 4.58 Å². The van der Waals surface area contributed by atoms with Crippen LogP contribution >= 0.6 is 23.5 Å². The minimum absolute atomic E-state index is 0.0186. The lowest BCUT2D eigenvalue weighted by molar-refractivity contribution is 0.0697. The van der Waals surface area contributed by atoms with Crippen LogP contribution in [-0.2, 0) is 10.0 Å². The Kier molecular flexibility index (Phi) is 6.38. The van der Waals surface area contributed by atoms with Gasteiger partial charge in [0.25, 0.3) is 5.91 Å². The zero-order chi connectivity index (χ0) is 21.3. The number of halogens is 2. The summed E-state index contributed by atoms with van der Waals surface area (Å²) < 4.78 is 54.7. The average Bonchev–Trinajstić information content (AvgIpc) is 3.28. The van der Waals surface area contributed by atoms with E-state index in [9.17, 15) is 22.0 Å². The molecule has 2 aliphatic heterocycles. The standard InChI is InChI=1S/C20H20F2N2O3S3/c21-16-2-1-3-17(22)18(16)30(26,27)24-10-8-23(9-11-24)19(25)14-4-6-15(7-5-14)20-28-12-13-29-20/h1-7,20H,8-13H2. The Hall–Kier alpha value is -1.62. The van der Waals surface area contributed by atoms with Gasteiger partial charge in [0.1, 0.15) is 11.6 Å². The molecule has 2 aromatic rings. The summed E-state index contributed by atoms with van der Waals surface area (Å²) in [4.78, 5) is 13.4. The van der Waals surface area contributed by atoms with Gasteiger partial charge in [0.15, 0.2) is 4.90 Å². The van der Waals surface area contributed by atoms with E-state index >= 15 is 0 Å². The van der Waals surface area contributed by atoms with Crippen molar-refractivity contribution in [2.45, 2.75) is 9.48 Å². The summed E-state index contributed by atoms with van der Waals surface area (Å²) in [6, 6.07) is 10.5. The minimum Gasteiger partial charge on any atom is -0.336 e. The number of carbonyl (C=O) groups excluding carboxylic acids is 1. The molecule has 160 valence electrons. The highest BCUT2D eigenvalue weighted by Crippen LogP contribution is 2.45. The summed E-state index contributed by atoms with van der Waals surface area (Å²) in [5, 5.41) is 0. The van der Waals surface area contributed by atoms with Crippen molar-refractivity contribution >= 4 is 39.5 Å². The normalized spacial score (nSPS) is 18.7. The number of piperazine rings is 1. The first-order valence-corrected chi connectivity index (χ1v) is 13.0. The van der Waals surface area contributed by atoms with E-state index in [1.165, 1.54) is 5.56 Å². The van der Waals surface area contributed by atoms with Gasteiger partial charge in [-0.05, 0) is 29.8 Å². The highest BCUT2D eigenvalue weighted by atomic mass is 32.2. The molecule has 2 fully saturated rings. The van der Waals surface area contributed by atoms with E-state index in [1.807, 2.05) is 35.7 Å². The molecule has 0 unspecified atom stereocenters. The zero-order valence-corrected chi connectivity index (χ0v) is 18.4. The third-order valence-corrected chi connectivity index (χ3v) is 10.1. The molecule has 0 radical (unpaired) electrons. The fraction of sp³-hybridized carbons (Fsp3) is 0.350. The number of sulfonamides is 1. The maximum atomic E-state index is 14.0. The third kappa shape index (κ3) is 4.23. The number of thioether (sulfide) groups is 2. The Bertz CT molecular complexity index is 1010. The van der Waals surface area contributed by atoms with Gasteiger partial charge in [0, 0.05) is 43.2 Å². The molecule has 5 nitrogen and oxygen atoms in total. The van der Waals surface area contributed by atoms with Crippen LogP contribution in [0.4, 0.5) is 8.78 Å². The average molecular weight is 471 g/mol. The molecular formula is C20H20F2N2O3S3. The van der Waals surface area contributed by atoms with Crippen LogP contribution in [-0.4, -0.2) is 61.2 Å². The Morgan fingerprint density at radius 2 is 1.47 bits per heavy atom. The summed E-state index contributed by atoms with van der Waals surface area (Å²) in [6.45, 7) is 0.277. The lowest BCUT2D eigenvalue weighted by Crippen LogP contribution is -2.50. The van der Waals surface area contributed by atoms with Gasteiger partial charge in [-0.15, -0.1) is 23.5 Å². The first kappa shape index (κ1) is 21.6. The van der Waals surface area contributed by atoms with Gasteiger partial charge >= 0.3 is 0 Å². The van der Waals surface area contributed by atoms with Gasteiger partial charge < -0.3 is 4.90 Å². The Morgan fingerprint density at radius 3 is 2.03 bits per heavy atom. The summed E-state index contributed by atoms with van der Waals surface area (Å²) in [5.41, 5.74) is 1.73. The fourth-order valence-electron chi connectivity index (χ4n) is 3.51. The summed E-state index contributed by atoms with van der Waals surface area (Å²) in [5.74, 6) is -0.165. The van der Waals surface area contributed by atoms with E-state index in [4.69, 9.17) is 0 Å². The van der Waals surface area contributed by atoms with Crippen molar-refractivity contribution < 1.29 is 22.0 Å². The summed E-state index contributed by atoms with van der Waals surface area (Å²) >= 11 is 3.78. The van der Waals surface area contributed by atoms with E-state index < -0.39 is 26.6 Å². The van der Waals surface area contributed by atoms with Crippen LogP contribution in [0.15, 0.2) is 47.4 Å². The first-order valence-electron chi connectivity index (χ1n) is 9.44. The summed E-state index contributed by atoms with van der Waals surface area (Å²) in [6.07, 6.45) is 0. The molecule has 30 heavy (non-hydrogen) atoms. The number of benzene rings is 2. The van der Waals surface area contributed by atoms with Crippen molar-refractivity contribution in [3.8, 4) is 0 Å². The zero-order valence-electron chi connectivity index (χ0n) is 16.0. The maximum Gasteiger partial charge on any atom is 0.253 e. The molecule has 0 atom stereocenters. The van der Waals surface area contributed by atoms with Crippen LogP contribution in [0, 0.1) is 11.6 Å².